The Kier molecular flexibility index (Phi) is 7.86. The van der Waals surface area contributed by atoms with E-state index in [2.05, 4.69) is 36.1 Å². The third kappa shape index (κ3) is 6.19. The van der Waals surface area contributed by atoms with Gasteiger partial charge in [0.1, 0.15) is 12.3 Å². The molecule has 0 bridgehead atoms. The quantitative estimate of drug-likeness (QED) is 0.524. The van der Waals surface area contributed by atoms with Crippen LogP contribution in [0, 0.1) is 12.8 Å². The minimum atomic E-state index is -0.216. The van der Waals surface area contributed by atoms with Gasteiger partial charge in [-0.1, -0.05) is 42.0 Å². The number of ether oxygens (including phenoxy) is 2. The molecule has 0 radical (unpaired) electrons. The number of amides is 2. The second-order valence-electron chi connectivity index (χ2n) is 10.1. The number of hydrogen-bond donors (Lipinski definition) is 0. The fourth-order valence-corrected chi connectivity index (χ4v) is 4.94. The molecule has 8 heteroatoms. The molecule has 2 aromatic carbocycles. The Morgan fingerprint density at radius 2 is 1.86 bits per heavy atom. The van der Waals surface area contributed by atoms with Crippen LogP contribution in [-0.2, 0) is 14.3 Å². The zero-order valence-corrected chi connectivity index (χ0v) is 21.8. The third-order valence-electron chi connectivity index (χ3n) is 7.39. The van der Waals surface area contributed by atoms with Crippen LogP contribution < -0.4 is 4.74 Å². The molecule has 2 aliphatic heterocycles. The summed E-state index contributed by atoms with van der Waals surface area (Å²) in [4.78, 5) is 31.0. The normalized spacial score (nSPS) is 20.0. The molecule has 1 unspecified atom stereocenters. The summed E-state index contributed by atoms with van der Waals surface area (Å²) in [7, 11) is 1.64. The van der Waals surface area contributed by atoms with Crippen LogP contribution in [0.1, 0.15) is 42.0 Å². The molecule has 8 nitrogen and oxygen atoms in total. The van der Waals surface area contributed by atoms with Gasteiger partial charge in [-0.3, -0.25) is 14.5 Å². The lowest BCUT2D eigenvalue weighted by molar-refractivity contribution is -0.142. The van der Waals surface area contributed by atoms with Crippen LogP contribution in [0.5, 0.6) is 5.75 Å². The maximum Gasteiger partial charge on any atom is 0.262 e. The van der Waals surface area contributed by atoms with E-state index in [9.17, 15) is 9.59 Å². The lowest BCUT2D eigenvalue weighted by Crippen LogP contribution is -2.47. The van der Waals surface area contributed by atoms with Gasteiger partial charge < -0.3 is 14.4 Å². The summed E-state index contributed by atoms with van der Waals surface area (Å²) in [5.74, 6) is 0.741. The van der Waals surface area contributed by atoms with E-state index in [0.717, 1.165) is 60.6 Å². The molecule has 2 aromatic rings. The molecule has 37 heavy (non-hydrogen) atoms. The first-order valence-electron chi connectivity index (χ1n) is 13.2. The van der Waals surface area contributed by atoms with Crippen molar-refractivity contribution in [2.24, 2.45) is 11.0 Å². The number of nitrogens with zero attached hydrogens (tertiary/aromatic N) is 4. The molecule has 1 atom stereocenters. The summed E-state index contributed by atoms with van der Waals surface area (Å²) in [5.41, 5.74) is 3.98. The van der Waals surface area contributed by atoms with Crippen LogP contribution in [0.25, 0.3) is 0 Å². The number of methoxy groups -OCH3 is 1. The Hall–Kier alpha value is -3.23. The molecule has 2 heterocycles. The first kappa shape index (κ1) is 25.4. The van der Waals surface area contributed by atoms with Crippen molar-refractivity contribution in [2.45, 2.75) is 32.2 Å². The van der Waals surface area contributed by atoms with Crippen molar-refractivity contribution in [1.82, 2.24) is 14.8 Å². The summed E-state index contributed by atoms with van der Waals surface area (Å²) in [5, 5.41) is 6.42. The molecule has 196 valence electrons. The smallest absolute Gasteiger partial charge is 0.262 e. The Balaban J connectivity index is 1.37. The molecule has 0 N–H and O–H groups in total. The number of carbonyl (C=O) groups excluding carboxylic acids is 2. The number of hydrazone groups is 1. The summed E-state index contributed by atoms with van der Waals surface area (Å²) < 4.78 is 10.9. The molecule has 5 rings (SSSR count). The number of morpholine rings is 1. The average molecular weight is 505 g/mol. The lowest BCUT2D eigenvalue weighted by Gasteiger charge is -2.31. The zero-order valence-electron chi connectivity index (χ0n) is 21.8. The highest BCUT2D eigenvalue weighted by Crippen LogP contribution is 2.35. The molecule has 0 aromatic heterocycles. The van der Waals surface area contributed by atoms with Gasteiger partial charge in [-0.2, -0.15) is 5.10 Å². The van der Waals surface area contributed by atoms with Crippen LogP contribution in [0.15, 0.2) is 53.6 Å². The number of benzene rings is 2. The first-order chi connectivity index (χ1) is 18.0. The highest BCUT2D eigenvalue weighted by atomic mass is 16.5. The standard InChI is InChI=1S/C29H36N4O4/c1-21-6-8-22(9-7-21)27-19-26(24-4-3-5-25(18-24)36-2)30-33(27)28(34)20-32(29(35)23-10-11-23)13-12-31-14-16-37-17-15-31/h3-9,18,23,27H,10-17,19-20H2,1-2H3. The molecule has 1 saturated carbocycles. The van der Waals surface area contributed by atoms with Crippen molar-refractivity contribution in [1.29, 1.82) is 0 Å². The fraction of sp³-hybridized carbons (Fsp3) is 0.483. The second-order valence-corrected chi connectivity index (χ2v) is 10.1. The van der Waals surface area contributed by atoms with Crippen molar-refractivity contribution in [3.8, 4) is 5.75 Å². The zero-order chi connectivity index (χ0) is 25.8. The van der Waals surface area contributed by atoms with Gasteiger partial charge >= 0.3 is 0 Å². The molecular weight excluding hydrogens is 468 g/mol. The van der Waals surface area contributed by atoms with Crippen LogP contribution in [0.2, 0.25) is 0 Å². The third-order valence-corrected chi connectivity index (χ3v) is 7.39. The molecule has 1 aliphatic carbocycles. The lowest BCUT2D eigenvalue weighted by atomic mass is 9.97. The molecule has 1 saturated heterocycles. The average Bonchev–Trinajstić information content (AvgIpc) is 3.69. The SMILES string of the molecule is COc1cccc(C2=NN(C(=O)CN(CCN3CCOCC3)C(=O)C3CC3)C(c3ccc(C)cc3)C2)c1. The van der Waals surface area contributed by atoms with E-state index in [4.69, 9.17) is 14.6 Å². The van der Waals surface area contributed by atoms with Crippen molar-refractivity contribution >= 4 is 17.5 Å². The maximum absolute atomic E-state index is 13.8. The van der Waals surface area contributed by atoms with E-state index in [1.165, 1.54) is 0 Å². The Morgan fingerprint density at radius 3 is 2.57 bits per heavy atom. The van der Waals surface area contributed by atoms with Crippen molar-refractivity contribution < 1.29 is 19.1 Å². The molecule has 0 spiro atoms. The van der Waals surface area contributed by atoms with Gasteiger partial charge in [0.15, 0.2) is 0 Å². The predicted octanol–water partition coefficient (Wildman–Crippen LogP) is 3.25. The maximum atomic E-state index is 13.8. The number of hydrogen-bond acceptors (Lipinski definition) is 6. The minimum Gasteiger partial charge on any atom is -0.497 e. The van der Waals surface area contributed by atoms with E-state index < -0.39 is 0 Å². The highest BCUT2D eigenvalue weighted by Gasteiger charge is 2.38. The molecule has 2 fully saturated rings. The van der Waals surface area contributed by atoms with Crippen LogP contribution in [-0.4, -0.2) is 85.4 Å². The van der Waals surface area contributed by atoms with Crippen molar-refractivity contribution in [2.75, 3.05) is 53.0 Å². The number of aryl methyl sites for hydroxylation is 1. The van der Waals surface area contributed by atoms with Gasteiger partial charge in [-0.05, 0) is 37.5 Å². The molecule has 2 amide bonds. The van der Waals surface area contributed by atoms with Gasteiger partial charge in [0.05, 0.1) is 32.1 Å². The van der Waals surface area contributed by atoms with Gasteiger partial charge in [-0.15, -0.1) is 0 Å². The van der Waals surface area contributed by atoms with Crippen molar-refractivity contribution in [3.63, 3.8) is 0 Å². The molecule has 3 aliphatic rings. The largest absolute Gasteiger partial charge is 0.497 e. The van der Waals surface area contributed by atoms with Crippen LogP contribution >= 0.6 is 0 Å². The Bertz CT molecular complexity index is 1140. The van der Waals surface area contributed by atoms with Gasteiger partial charge in [0.2, 0.25) is 5.91 Å². The monoisotopic (exact) mass is 504 g/mol. The van der Waals surface area contributed by atoms with E-state index in [1.807, 2.05) is 24.3 Å². The van der Waals surface area contributed by atoms with Crippen molar-refractivity contribution in [3.05, 3.63) is 65.2 Å². The fourth-order valence-electron chi connectivity index (χ4n) is 4.94. The Labute approximate surface area is 218 Å². The van der Waals surface area contributed by atoms with Gasteiger partial charge in [-0.25, -0.2) is 5.01 Å². The van der Waals surface area contributed by atoms with Gasteiger partial charge in [0, 0.05) is 44.1 Å². The number of carbonyl (C=O) groups is 2. The van der Waals surface area contributed by atoms with Crippen LogP contribution in [0.3, 0.4) is 0 Å². The summed E-state index contributed by atoms with van der Waals surface area (Å²) in [6, 6.07) is 15.8. The van der Waals surface area contributed by atoms with E-state index in [1.54, 1.807) is 17.0 Å². The Morgan fingerprint density at radius 1 is 1.11 bits per heavy atom. The topological polar surface area (TPSA) is 74.7 Å². The second kappa shape index (κ2) is 11.4. The summed E-state index contributed by atoms with van der Waals surface area (Å²) >= 11 is 0. The summed E-state index contributed by atoms with van der Waals surface area (Å²) in [6.07, 6.45) is 2.43. The predicted molar refractivity (Wildman–Crippen MR) is 141 cm³/mol. The first-order valence-corrected chi connectivity index (χ1v) is 13.2. The van der Waals surface area contributed by atoms with E-state index >= 15 is 0 Å². The van der Waals surface area contributed by atoms with Crippen LogP contribution in [0.4, 0.5) is 0 Å². The summed E-state index contributed by atoms with van der Waals surface area (Å²) in [6.45, 7) is 6.51. The van der Waals surface area contributed by atoms with E-state index in [-0.39, 0.29) is 30.3 Å². The number of rotatable bonds is 9. The van der Waals surface area contributed by atoms with Gasteiger partial charge in [0.25, 0.3) is 5.91 Å². The van der Waals surface area contributed by atoms with E-state index in [0.29, 0.717) is 26.2 Å². The highest BCUT2D eigenvalue weighted by molar-refractivity contribution is 6.03. The minimum absolute atomic E-state index is 0.0386. The molecular formula is C29H36N4O4.